The minimum atomic E-state index is -0.420. The lowest BCUT2D eigenvalue weighted by Crippen LogP contribution is -2.28. The Labute approximate surface area is 128 Å². The van der Waals surface area contributed by atoms with Crippen LogP contribution in [0.25, 0.3) is 0 Å². The quantitative estimate of drug-likeness (QED) is 0.525. The molecule has 0 aliphatic heterocycles. The number of aryl methyl sites for hydroxylation is 1. The highest BCUT2D eigenvalue weighted by Gasteiger charge is 2.16. The van der Waals surface area contributed by atoms with Crippen molar-refractivity contribution in [1.29, 1.82) is 0 Å². The van der Waals surface area contributed by atoms with Gasteiger partial charge in [0.05, 0.1) is 13.2 Å². The number of rotatable bonds is 9. The molecule has 0 radical (unpaired) electrons. The maximum atomic E-state index is 11.6. The zero-order valence-electron chi connectivity index (χ0n) is 12.5. The number of esters is 1. The lowest BCUT2D eigenvalue weighted by molar-refractivity contribution is -0.121. The number of anilines is 1. The Bertz CT molecular complexity index is 476. The zero-order chi connectivity index (χ0) is 15.7. The van der Waals surface area contributed by atoms with Crippen LogP contribution in [0.5, 0.6) is 0 Å². The third kappa shape index (κ3) is 6.09. The fraction of sp³-hybridized carbons (Fsp3) is 0.615. The highest BCUT2D eigenvalue weighted by Crippen LogP contribution is 2.22. The maximum absolute atomic E-state index is 11.6. The summed E-state index contributed by atoms with van der Waals surface area (Å²) in [5.41, 5.74) is 0.328. The fourth-order valence-electron chi connectivity index (χ4n) is 1.52. The topological polar surface area (TPSA) is 89.5 Å². The predicted molar refractivity (Wildman–Crippen MR) is 80.8 cm³/mol. The molecule has 1 heterocycles. The molecule has 0 saturated heterocycles. The number of hydrogen-bond donors (Lipinski definition) is 2. The van der Waals surface area contributed by atoms with Crippen molar-refractivity contribution in [3.63, 3.8) is 0 Å². The molecule has 0 unspecified atom stereocenters. The molecule has 0 aliphatic carbocycles. The number of nitrogens with one attached hydrogen (secondary N) is 2. The Morgan fingerprint density at radius 2 is 2.10 bits per heavy atom. The zero-order valence-corrected chi connectivity index (χ0v) is 13.3. The van der Waals surface area contributed by atoms with Crippen molar-refractivity contribution in [2.24, 2.45) is 0 Å². The molecule has 1 amide bonds. The first-order chi connectivity index (χ1) is 10.1. The van der Waals surface area contributed by atoms with Crippen molar-refractivity contribution < 1.29 is 19.1 Å². The van der Waals surface area contributed by atoms with Crippen molar-refractivity contribution in [1.82, 2.24) is 10.3 Å². The van der Waals surface area contributed by atoms with Gasteiger partial charge in [-0.1, -0.05) is 0 Å². The number of hydrogen-bond acceptors (Lipinski definition) is 7. The molecule has 0 spiro atoms. The smallest absolute Gasteiger partial charge is 0.358 e. The molecule has 0 saturated carbocycles. The summed E-state index contributed by atoms with van der Waals surface area (Å²) in [6.07, 6.45) is 0.330. The minimum Gasteiger partial charge on any atom is -0.461 e. The molecule has 0 atom stereocenters. The monoisotopic (exact) mass is 315 g/mol. The van der Waals surface area contributed by atoms with Gasteiger partial charge in [-0.05, 0) is 13.8 Å². The van der Waals surface area contributed by atoms with Gasteiger partial charge in [0.2, 0.25) is 5.91 Å². The normalized spacial score (nSPS) is 10.2. The average molecular weight is 315 g/mol. The Morgan fingerprint density at radius 1 is 1.33 bits per heavy atom. The molecule has 118 valence electrons. The summed E-state index contributed by atoms with van der Waals surface area (Å²) in [4.78, 5) is 28.1. The van der Waals surface area contributed by atoms with Gasteiger partial charge in [-0.25, -0.2) is 9.78 Å². The van der Waals surface area contributed by atoms with Crippen molar-refractivity contribution in [3.05, 3.63) is 10.6 Å². The largest absolute Gasteiger partial charge is 0.461 e. The summed E-state index contributed by atoms with van der Waals surface area (Å²) in [5.74, 6) is -0.477. The van der Waals surface area contributed by atoms with E-state index in [1.165, 1.54) is 11.3 Å². The summed E-state index contributed by atoms with van der Waals surface area (Å²) in [7, 11) is 1.58. The minimum absolute atomic E-state index is 0.0570. The lowest BCUT2D eigenvalue weighted by Gasteiger charge is -2.04. The Hall–Kier alpha value is -1.67. The van der Waals surface area contributed by atoms with Gasteiger partial charge >= 0.3 is 5.97 Å². The fourth-order valence-corrected chi connectivity index (χ4v) is 2.35. The van der Waals surface area contributed by atoms with Crippen LogP contribution in [0.3, 0.4) is 0 Å². The van der Waals surface area contributed by atoms with Crippen LogP contribution in [-0.4, -0.2) is 50.3 Å². The van der Waals surface area contributed by atoms with E-state index in [0.29, 0.717) is 43.5 Å². The highest BCUT2D eigenvalue weighted by molar-refractivity contribution is 7.15. The number of methoxy groups -OCH3 is 1. The molecule has 0 bridgehead atoms. The molecule has 1 aromatic heterocycles. The molecular weight excluding hydrogens is 294 g/mol. The number of aromatic nitrogens is 1. The number of nitrogens with zero attached hydrogens (tertiary/aromatic N) is 1. The van der Waals surface area contributed by atoms with Crippen LogP contribution in [0.15, 0.2) is 0 Å². The second kappa shape index (κ2) is 9.30. The van der Waals surface area contributed by atoms with Crippen molar-refractivity contribution >= 4 is 28.3 Å². The van der Waals surface area contributed by atoms with Crippen LogP contribution >= 0.6 is 11.3 Å². The molecule has 0 aromatic carbocycles. The average Bonchev–Trinajstić information content (AvgIpc) is 2.80. The molecule has 7 nitrogen and oxygen atoms in total. The van der Waals surface area contributed by atoms with Gasteiger partial charge in [-0.15, -0.1) is 11.3 Å². The van der Waals surface area contributed by atoms with Gasteiger partial charge in [0, 0.05) is 31.5 Å². The second-order valence-corrected chi connectivity index (χ2v) is 5.37. The lowest BCUT2D eigenvalue weighted by atomic mass is 10.4. The van der Waals surface area contributed by atoms with Gasteiger partial charge in [0.1, 0.15) is 0 Å². The maximum Gasteiger partial charge on any atom is 0.358 e. The first-order valence-electron chi connectivity index (χ1n) is 6.72. The third-order valence-corrected chi connectivity index (χ3v) is 3.45. The second-order valence-electron chi connectivity index (χ2n) is 4.16. The molecular formula is C13H21N3O4S. The molecule has 1 rings (SSSR count). The standard InChI is InChI=1S/C13H21N3O4S/c1-4-20-12(18)11-9(2)21-13(16-11)15-6-5-10(17)14-7-8-19-3/h4-8H2,1-3H3,(H,14,17)(H,15,16). The van der Waals surface area contributed by atoms with Crippen LogP contribution in [0.1, 0.15) is 28.7 Å². The van der Waals surface area contributed by atoms with Crippen LogP contribution in [0.4, 0.5) is 5.13 Å². The number of amides is 1. The van der Waals surface area contributed by atoms with E-state index in [0.717, 1.165) is 4.88 Å². The van der Waals surface area contributed by atoms with E-state index in [1.54, 1.807) is 14.0 Å². The summed E-state index contributed by atoms with van der Waals surface area (Å²) in [5, 5.41) is 6.37. The van der Waals surface area contributed by atoms with E-state index in [4.69, 9.17) is 9.47 Å². The summed E-state index contributed by atoms with van der Waals surface area (Å²) >= 11 is 1.37. The van der Waals surface area contributed by atoms with Gasteiger partial charge in [-0.2, -0.15) is 0 Å². The molecule has 0 aliphatic rings. The Kier molecular flexibility index (Phi) is 7.70. The van der Waals surface area contributed by atoms with E-state index in [-0.39, 0.29) is 5.91 Å². The van der Waals surface area contributed by atoms with Gasteiger partial charge in [0.25, 0.3) is 0 Å². The van der Waals surface area contributed by atoms with E-state index in [1.807, 2.05) is 6.92 Å². The Balaban J connectivity index is 2.37. The van der Waals surface area contributed by atoms with Crippen molar-refractivity contribution in [2.75, 3.05) is 38.7 Å². The van der Waals surface area contributed by atoms with Gasteiger partial charge < -0.3 is 20.1 Å². The molecule has 8 heteroatoms. The number of thiazole rings is 1. The highest BCUT2D eigenvalue weighted by atomic mass is 32.1. The Morgan fingerprint density at radius 3 is 2.76 bits per heavy atom. The van der Waals surface area contributed by atoms with Crippen molar-refractivity contribution in [3.8, 4) is 0 Å². The molecule has 0 fully saturated rings. The van der Waals surface area contributed by atoms with Crippen LogP contribution in [0, 0.1) is 6.92 Å². The predicted octanol–water partition coefficient (Wildman–Crippen LogP) is 1.19. The number of carbonyl (C=O) groups excluding carboxylic acids is 2. The van der Waals surface area contributed by atoms with Crippen molar-refractivity contribution in [2.45, 2.75) is 20.3 Å². The van der Waals surface area contributed by atoms with Gasteiger partial charge in [0.15, 0.2) is 10.8 Å². The first-order valence-corrected chi connectivity index (χ1v) is 7.54. The molecule has 21 heavy (non-hydrogen) atoms. The summed E-state index contributed by atoms with van der Waals surface area (Å²) in [6, 6.07) is 0. The van der Waals surface area contributed by atoms with E-state index < -0.39 is 5.97 Å². The van der Waals surface area contributed by atoms with E-state index >= 15 is 0 Å². The third-order valence-electron chi connectivity index (χ3n) is 2.52. The van der Waals surface area contributed by atoms with E-state index in [2.05, 4.69) is 15.6 Å². The van der Waals surface area contributed by atoms with E-state index in [9.17, 15) is 9.59 Å². The summed E-state index contributed by atoms with van der Waals surface area (Å²) < 4.78 is 9.76. The van der Waals surface area contributed by atoms with Gasteiger partial charge in [-0.3, -0.25) is 4.79 Å². The van der Waals surface area contributed by atoms with Crippen LogP contribution < -0.4 is 10.6 Å². The number of carbonyl (C=O) groups is 2. The van der Waals surface area contributed by atoms with Crippen LogP contribution in [-0.2, 0) is 14.3 Å². The summed E-state index contributed by atoms with van der Waals surface area (Å²) in [6.45, 7) is 5.33. The van der Waals surface area contributed by atoms with Crippen LogP contribution in [0.2, 0.25) is 0 Å². The molecule has 2 N–H and O–H groups in total. The SMILES string of the molecule is CCOC(=O)c1nc(NCCC(=O)NCCOC)sc1C. The molecule has 1 aromatic rings. The first kappa shape index (κ1) is 17.4. The number of ether oxygens (including phenoxy) is 2.